The van der Waals surface area contributed by atoms with E-state index >= 15 is 0 Å². The minimum Gasteiger partial charge on any atom is -0.493 e. The molecule has 3 aliphatic rings. The number of rotatable bonds is 10. The van der Waals surface area contributed by atoms with Gasteiger partial charge in [0.1, 0.15) is 12.4 Å². The summed E-state index contributed by atoms with van der Waals surface area (Å²) in [5.41, 5.74) is 2.14. The molecule has 2 heterocycles. The van der Waals surface area contributed by atoms with Gasteiger partial charge >= 0.3 is 0 Å². The van der Waals surface area contributed by atoms with E-state index in [1.807, 2.05) is 30.3 Å². The second-order valence-corrected chi connectivity index (χ2v) is 9.43. The number of carbonyl (C=O) groups excluding carboxylic acids is 1. The van der Waals surface area contributed by atoms with E-state index in [4.69, 9.17) is 14.2 Å². The highest BCUT2D eigenvalue weighted by molar-refractivity contribution is 5.99. The maximum atomic E-state index is 13.1. The van der Waals surface area contributed by atoms with Crippen molar-refractivity contribution in [2.75, 3.05) is 44.9 Å². The van der Waals surface area contributed by atoms with Gasteiger partial charge in [-0.1, -0.05) is 12.1 Å². The van der Waals surface area contributed by atoms with Gasteiger partial charge in [0.25, 0.3) is 5.91 Å². The van der Waals surface area contributed by atoms with Gasteiger partial charge < -0.3 is 24.2 Å². The Labute approximate surface area is 201 Å². The van der Waals surface area contributed by atoms with E-state index in [2.05, 4.69) is 17.0 Å². The fourth-order valence-electron chi connectivity index (χ4n) is 5.03. The normalized spacial score (nSPS) is 22.9. The van der Waals surface area contributed by atoms with E-state index in [1.165, 1.54) is 18.4 Å². The Morgan fingerprint density at radius 1 is 1.00 bits per heavy atom. The highest BCUT2D eigenvalue weighted by Crippen LogP contribution is 2.40. The number of hydrogen-bond acceptors (Lipinski definition) is 6. The van der Waals surface area contributed by atoms with Crippen LogP contribution in [0.5, 0.6) is 17.2 Å². The van der Waals surface area contributed by atoms with Gasteiger partial charge in [-0.15, -0.1) is 0 Å². The van der Waals surface area contributed by atoms with Gasteiger partial charge in [-0.05, 0) is 68.0 Å². The van der Waals surface area contributed by atoms with E-state index in [-0.39, 0.29) is 18.6 Å². The average molecular weight is 467 g/mol. The fourth-order valence-corrected chi connectivity index (χ4v) is 5.03. The maximum Gasteiger partial charge on any atom is 0.268 e. The minimum absolute atomic E-state index is 0.0360. The first-order chi connectivity index (χ1) is 16.7. The van der Waals surface area contributed by atoms with Crippen molar-refractivity contribution in [3.8, 4) is 17.2 Å². The third-order valence-corrected chi connectivity index (χ3v) is 7.17. The zero-order chi connectivity index (χ0) is 23.5. The second kappa shape index (κ2) is 10.2. The van der Waals surface area contributed by atoms with Crippen molar-refractivity contribution in [1.82, 2.24) is 4.90 Å². The molecule has 2 aromatic carbocycles. The van der Waals surface area contributed by atoms with Crippen LogP contribution in [-0.2, 0) is 4.79 Å². The summed E-state index contributed by atoms with van der Waals surface area (Å²) < 4.78 is 17.6. The second-order valence-electron chi connectivity index (χ2n) is 9.43. The first-order valence-electron chi connectivity index (χ1n) is 12.4. The van der Waals surface area contributed by atoms with Gasteiger partial charge in [0.2, 0.25) is 0 Å². The van der Waals surface area contributed by atoms with Crippen LogP contribution in [0, 0.1) is 0 Å². The first kappa shape index (κ1) is 23.0. The molecule has 2 aromatic rings. The topological polar surface area (TPSA) is 71.5 Å². The van der Waals surface area contributed by atoms with Crippen molar-refractivity contribution in [3.05, 3.63) is 48.0 Å². The Morgan fingerprint density at radius 3 is 2.56 bits per heavy atom. The fraction of sp³-hybridized carbons (Fsp3) is 0.519. The van der Waals surface area contributed by atoms with Gasteiger partial charge in [0.05, 0.1) is 13.7 Å². The number of carbonyl (C=O) groups is 1. The molecule has 1 amide bonds. The van der Waals surface area contributed by atoms with E-state index in [0.717, 1.165) is 37.4 Å². The molecule has 182 valence electrons. The van der Waals surface area contributed by atoms with Gasteiger partial charge in [-0.2, -0.15) is 0 Å². The van der Waals surface area contributed by atoms with Crippen LogP contribution in [0.15, 0.2) is 42.5 Å². The number of amides is 1. The Morgan fingerprint density at radius 2 is 1.82 bits per heavy atom. The summed E-state index contributed by atoms with van der Waals surface area (Å²) >= 11 is 0. The molecule has 1 saturated carbocycles. The summed E-state index contributed by atoms with van der Waals surface area (Å²) in [5, 5.41) is 9.48. The third-order valence-electron chi connectivity index (χ3n) is 7.17. The summed E-state index contributed by atoms with van der Waals surface area (Å²) in [6.07, 6.45) is 4.86. The molecule has 34 heavy (non-hydrogen) atoms. The monoisotopic (exact) mass is 466 g/mol. The summed E-state index contributed by atoms with van der Waals surface area (Å²) in [5.74, 6) is 2.67. The van der Waals surface area contributed by atoms with E-state index in [9.17, 15) is 9.90 Å². The molecule has 1 N–H and O–H groups in total. The Hall–Kier alpha value is -2.77. The molecule has 0 aromatic heterocycles. The largest absolute Gasteiger partial charge is 0.493 e. The van der Waals surface area contributed by atoms with Gasteiger partial charge in [0.15, 0.2) is 17.6 Å². The summed E-state index contributed by atoms with van der Waals surface area (Å²) in [6.45, 7) is 3.07. The van der Waals surface area contributed by atoms with Crippen molar-refractivity contribution in [2.24, 2.45) is 0 Å². The maximum absolute atomic E-state index is 13.1. The number of aliphatic hydroxyl groups excluding tert-OH is 1. The number of aliphatic hydroxyl groups is 1. The molecule has 0 bridgehead atoms. The summed E-state index contributed by atoms with van der Waals surface area (Å²) in [4.78, 5) is 17.1. The Bertz CT molecular complexity index is 991. The van der Waals surface area contributed by atoms with Crippen LogP contribution in [0.25, 0.3) is 0 Å². The molecule has 0 radical (unpaired) electrons. The molecule has 0 spiro atoms. The minimum atomic E-state index is -0.478. The van der Waals surface area contributed by atoms with Crippen LogP contribution < -0.4 is 19.1 Å². The zero-order valence-electron chi connectivity index (χ0n) is 19.8. The molecule has 2 aliphatic heterocycles. The van der Waals surface area contributed by atoms with E-state index in [0.29, 0.717) is 37.0 Å². The van der Waals surface area contributed by atoms with Crippen molar-refractivity contribution >= 4 is 11.6 Å². The van der Waals surface area contributed by atoms with Crippen LogP contribution in [0.1, 0.15) is 43.6 Å². The van der Waals surface area contributed by atoms with Gasteiger partial charge in [0, 0.05) is 37.3 Å². The van der Waals surface area contributed by atoms with Crippen molar-refractivity contribution < 1.29 is 24.1 Å². The predicted octanol–water partition coefficient (Wildman–Crippen LogP) is 3.59. The van der Waals surface area contributed by atoms with Crippen LogP contribution in [0.4, 0.5) is 5.69 Å². The van der Waals surface area contributed by atoms with E-state index in [1.54, 1.807) is 12.0 Å². The number of nitrogens with zero attached hydrogens (tertiary/aromatic N) is 2. The molecular formula is C27H34N2O5. The lowest BCUT2D eigenvalue weighted by atomic mass is 10.1. The molecule has 2 atom stereocenters. The van der Waals surface area contributed by atoms with Crippen LogP contribution >= 0.6 is 0 Å². The standard InChI is InChI=1S/C27H34N2O5/c1-32-26-17-21(8-11-24(26)33-16-15-28-13-2-3-22(28)18-30)29-14-12-25(27(29)31)34-23-9-6-20(7-10-23)19-4-5-19/h6-11,17,19,22,25,30H,2-5,12-16,18H2,1H3/t22-,25+/m0/s1. The molecular weight excluding hydrogens is 432 g/mol. The molecule has 0 unspecified atom stereocenters. The first-order valence-corrected chi connectivity index (χ1v) is 12.4. The molecule has 7 heteroatoms. The molecule has 2 saturated heterocycles. The highest BCUT2D eigenvalue weighted by Gasteiger charge is 2.35. The van der Waals surface area contributed by atoms with Crippen molar-refractivity contribution in [2.45, 2.75) is 50.2 Å². The summed E-state index contributed by atoms with van der Waals surface area (Å²) in [7, 11) is 1.61. The lowest BCUT2D eigenvalue weighted by Crippen LogP contribution is -2.35. The number of ether oxygens (including phenoxy) is 3. The average Bonchev–Trinajstić information content (AvgIpc) is 3.52. The predicted molar refractivity (Wildman–Crippen MR) is 130 cm³/mol. The Balaban J connectivity index is 1.18. The number of likely N-dealkylation sites (tertiary alicyclic amines) is 1. The Kier molecular flexibility index (Phi) is 6.92. The van der Waals surface area contributed by atoms with Crippen LogP contribution in [0.3, 0.4) is 0 Å². The zero-order valence-corrected chi connectivity index (χ0v) is 19.8. The van der Waals surface area contributed by atoms with Gasteiger partial charge in [-0.25, -0.2) is 0 Å². The summed E-state index contributed by atoms with van der Waals surface area (Å²) in [6, 6.07) is 14.0. The smallest absolute Gasteiger partial charge is 0.268 e. The van der Waals surface area contributed by atoms with Crippen molar-refractivity contribution in [1.29, 1.82) is 0 Å². The van der Waals surface area contributed by atoms with Crippen molar-refractivity contribution in [3.63, 3.8) is 0 Å². The number of benzene rings is 2. The lowest BCUT2D eigenvalue weighted by Gasteiger charge is -2.23. The van der Waals surface area contributed by atoms with E-state index < -0.39 is 6.10 Å². The quantitative estimate of drug-likeness (QED) is 0.577. The third kappa shape index (κ3) is 5.00. The van der Waals surface area contributed by atoms with Gasteiger partial charge in [-0.3, -0.25) is 9.69 Å². The molecule has 1 aliphatic carbocycles. The molecule has 3 fully saturated rings. The molecule has 5 rings (SSSR count). The molecule has 7 nitrogen and oxygen atoms in total. The van der Waals surface area contributed by atoms with Crippen LogP contribution in [0.2, 0.25) is 0 Å². The van der Waals surface area contributed by atoms with Crippen LogP contribution in [-0.4, -0.2) is 68.0 Å². The number of methoxy groups -OCH3 is 1. The lowest BCUT2D eigenvalue weighted by molar-refractivity contribution is -0.122. The highest BCUT2D eigenvalue weighted by atomic mass is 16.5. The number of hydrogen-bond donors (Lipinski definition) is 1. The number of anilines is 1. The SMILES string of the molecule is COc1cc(N2CC[C@@H](Oc3ccc(C4CC4)cc3)C2=O)ccc1OCCN1CCC[C@H]1CO.